The minimum Gasteiger partial charge on any atom is -0.373 e. The second-order valence-corrected chi connectivity index (χ2v) is 8.26. The summed E-state index contributed by atoms with van der Waals surface area (Å²) in [5.41, 5.74) is 1.21. The number of ether oxygens (including phenoxy) is 1. The fourth-order valence-electron chi connectivity index (χ4n) is 4.14. The van der Waals surface area contributed by atoms with Gasteiger partial charge in [0.1, 0.15) is 35.0 Å². The number of anilines is 1. The Hall–Kier alpha value is -3.31. The third-order valence-electron chi connectivity index (χ3n) is 6.07. The number of nitriles is 1. The zero-order chi connectivity index (χ0) is 22.1. The molecule has 5 rings (SSSR count). The summed E-state index contributed by atoms with van der Waals surface area (Å²) in [5, 5.41) is 12.9. The third-order valence-corrected chi connectivity index (χ3v) is 6.07. The van der Waals surface area contributed by atoms with Crippen molar-refractivity contribution in [3.8, 4) is 17.3 Å². The van der Waals surface area contributed by atoms with E-state index >= 15 is 0 Å². The predicted octanol–water partition coefficient (Wildman–Crippen LogP) is 4.95. The van der Waals surface area contributed by atoms with Crippen molar-refractivity contribution in [3.05, 3.63) is 65.1 Å². The van der Waals surface area contributed by atoms with Gasteiger partial charge in [-0.2, -0.15) is 5.26 Å². The largest absolute Gasteiger partial charge is 0.373 e. The lowest BCUT2D eigenvalue weighted by molar-refractivity contribution is 0.0245. The van der Waals surface area contributed by atoms with E-state index in [9.17, 15) is 8.78 Å². The van der Waals surface area contributed by atoms with Gasteiger partial charge in [-0.25, -0.2) is 13.8 Å². The maximum Gasteiger partial charge on any atom is 0.145 e. The van der Waals surface area contributed by atoms with E-state index in [1.165, 1.54) is 18.2 Å². The van der Waals surface area contributed by atoms with Gasteiger partial charge in [0.05, 0.1) is 23.8 Å². The Labute approximate surface area is 184 Å². The molecule has 1 saturated carbocycles. The van der Waals surface area contributed by atoms with Crippen LogP contribution < -0.4 is 4.90 Å². The molecule has 0 atom stereocenters. The van der Waals surface area contributed by atoms with E-state index in [4.69, 9.17) is 14.5 Å². The highest BCUT2D eigenvalue weighted by molar-refractivity contribution is 5.65. The Morgan fingerprint density at radius 2 is 1.84 bits per heavy atom. The summed E-state index contributed by atoms with van der Waals surface area (Å²) < 4.78 is 40.5. The summed E-state index contributed by atoms with van der Waals surface area (Å²) in [6, 6.07) is 9.48. The number of nitrogens with zero attached hydrogens (tertiary/aromatic N) is 4. The lowest BCUT2D eigenvalue weighted by atomic mass is 10.0. The molecule has 0 unspecified atom stereocenters. The Bertz CT molecular complexity index is 1120. The van der Waals surface area contributed by atoms with E-state index in [0.29, 0.717) is 16.9 Å². The topological polar surface area (TPSA) is 75.2 Å². The van der Waals surface area contributed by atoms with Crippen LogP contribution in [0.1, 0.15) is 48.5 Å². The minimum absolute atomic E-state index is 0.0184. The molecule has 2 fully saturated rings. The number of hydrogen-bond acceptors (Lipinski definition) is 6. The van der Waals surface area contributed by atoms with Crippen LogP contribution in [-0.2, 0) is 11.3 Å². The molecular formula is C24H22F2N4O2. The van der Waals surface area contributed by atoms with Crippen molar-refractivity contribution in [2.24, 2.45) is 0 Å². The first-order valence-electron chi connectivity index (χ1n) is 10.8. The van der Waals surface area contributed by atoms with Crippen molar-refractivity contribution in [3.63, 3.8) is 0 Å². The average molecular weight is 436 g/mol. The number of benzene rings is 1. The summed E-state index contributed by atoms with van der Waals surface area (Å²) in [7, 11) is 0. The van der Waals surface area contributed by atoms with Crippen LogP contribution in [0.15, 0.2) is 41.1 Å². The number of hydrogen-bond donors (Lipinski definition) is 0. The molecule has 164 valence electrons. The summed E-state index contributed by atoms with van der Waals surface area (Å²) in [4.78, 5) is 6.52. The zero-order valence-corrected chi connectivity index (χ0v) is 17.4. The molecular weight excluding hydrogens is 414 g/mol. The highest BCUT2D eigenvalue weighted by atomic mass is 19.1. The normalized spacial score (nSPS) is 16.8. The summed E-state index contributed by atoms with van der Waals surface area (Å²) >= 11 is 0. The maximum absolute atomic E-state index is 14.4. The standard InChI is InChI=1S/C24H22F2N4O2/c25-19-2-1-3-20(26)22(19)23-18(24(32-29-23)16-5-6-16)14-31-17-8-10-30(11-9-17)21-7-4-15(12-27)13-28-21/h1-4,7,13,16-17H,5-6,8-11,14H2. The van der Waals surface area contributed by atoms with Crippen molar-refractivity contribution < 1.29 is 18.0 Å². The highest BCUT2D eigenvalue weighted by Crippen LogP contribution is 2.45. The van der Waals surface area contributed by atoms with Crippen LogP contribution in [0.25, 0.3) is 11.3 Å². The number of rotatable bonds is 6. The molecule has 1 saturated heterocycles. The van der Waals surface area contributed by atoms with Gasteiger partial charge in [-0.15, -0.1) is 0 Å². The molecule has 8 heteroatoms. The van der Waals surface area contributed by atoms with Crippen molar-refractivity contribution in [1.29, 1.82) is 5.26 Å². The van der Waals surface area contributed by atoms with E-state index in [-0.39, 0.29) is 29.9 Å². The van der Waals surface area contributed by atoms with Crippen LogP contribution in [0, 0.1) is 23.0 Å². The van der Waals surface area contributed by atoms with Gasteiger partial charge in [0.15, 0.2) is 0 Å². The fourth-order valence-corrected chi connectivity index (χ4v) is 4.14. The van der Waals surface area contributed by atoms with Crippen molar-refractivity contribution in [2.45, 2.75) is 44.3 Å². The molecule has 32 heavy (non-hydrogen) atoms. The molecule has 0 radical (unpaired) electrons. The van der Waals surface area contributed by atoms with Gasteiger partial charge in [-0.3, -0.25) is 0 Å². The monoisotopic (exact) mass is 436 g/mol. The molecule has 2 aliphatic rings. The predicted molar refractivity (Wildman–Crippen MR) is 113 cm³/mol. The molecule has 1 aromatic carbocycles. The van der Waals surface area contributed by atoms with Gasteiger partial charge in [-0.05, 0) is 49.9 Å². The summed E-state index contributed by atoms with van der Waals surface area (Å²) in [6.45, 7) is 1.76. The molecule has 1 aliphatic carbocycles. The second kappa shape index (κ2) is 8.67. The Morgan fingerprint density at radius 3 is 2.47 bits per heavy atom. The van der Waals surface area contributed by atoms with E-state index < -0.39 is 11.6 Å². The quantitative estimate of drug-likeness (QED) is 0.544. The van der Waals surface area contributed by atoms with E-state index in [1.807, 2.05) is 6.07 Å². The molecule has 1 aliphatic heterocycles. The van der Waals surface area contributed by atoms with Gasteiger partial charge in [0.2, 0.25) is 0 Å². The lowest BCUT2D eigenvalue weighted by Crippen LogP contribution is -2.37. The van der Waals surface area contributed by atoms with Gasteiger partial charge in [0.25, 0.3) is 0 Å². The molecule has 0 amide bonds. The fraction of sp³-hybridized carbons (Fsp3) is 0.375. The first kappa shape index (κ1) is 20.6. The number of aromatic nitrogens is 2. The maximum atomic E-state index is 14.4. The first-order valence-corrected chi connectivity index (χ1v) is 10.8. The van der Waals surface area contributed by atoms with Crippen LogP contribution in [0.4, 0.5) is 14.6 Å². The SMILES string of the molecule is N#Cc1ccc(N2CCC(OCc3c(-c4c(F)cccc4F)noc3C3CC3)CC2)nc1. The van der Waals surface area contributed by atoms with E-state index in [2.05, 4.69) is 21.1 Å². The van der Waals surface area contributed by atoms with Crippen molar-refractivity contribution >= 4 is 5.82 Å². The molecule has 0 spiro atoms. The summed E-state index contributed by atoms with van der Waals surface area (Å²) in [6.07, 6.45) is 5.16. The molecule has 0 N–H and O–H groups in total. The van der Waals surface area contributed by atoms with E-state index in [0.717, 1.165) is 44.6 Å². The highest BCUT2D eigenvalue weighted by Gasteiger charge is 2.34. The number of pyridine rings is 1. The summed E-state index contributed by atoms with van der Waals surface area (Å²) in [5.74, 6) is 0.445. The van der Waals surface area contributed by atoms with Gasteiger partial charge in [-0.1, -0.05) is 11.2 Å². The smallest absolute Gasteiger partial charge is 0.145 e. The Kier molecular flexibility index (Phi) is 5.58. The number of halogens is 2. The van der Waals surface area contributed by atoms with Crippen LogP contribution in [0.3, 0.4) is 0 Å². The number of piperidine rings is 1. The molecule has 0 bridgehead atoms. The Morgan fingerprint density at radius 1 is 1.09 bits per heavy atom. The molecule has 2 aromatic heterocycles. The second-order valence-electron chi connectivity index (χ2n) is 8.26. The van der Waals surface area contributed by atoms with Crippen LogP contribution in [0.5, 0.6) is 0 Å². The molecule has 3 heterocycles. The zero-order valence-electron chi connectivity index (χ0n) is 17.4. The van der Waals surface area contributed by atoms with Crippen molar-refractivity contribution in [2.75, 3.05) is 18.0 Å². The van der Waals surface area contributed by atoms with E-state index in [1.54, 1.807) is 12.3 Å². The third kappa shape index (κ3) is 4.08. The van der Waals surface area contributed by atoms with Gasteiger partial charge >= 0.3 is 0 Å². The Balaban J connectivity index is 1.27. The van der Waals surface area contributed by atoms with Gasteiger partial charge in [0, 0.05) is 30.8 Å². The lowest BCUT2D eigenvalue weighted by Gasteiger charge is -2.32. The average Bonchev–Trinajstić information content (AvgIpc) is 3.58. The van der Waals surface area contributed by atoms with Crippen LogP contribution in [0.2, 0.25) is 0 Å². The van der Waals surface area contributed by atoms with Gasteiger partial charge < -0.3 is 14.2 Å². The first-order chi connectivity index (χ1) is 15.6. The van der Waals surface area contributed by atoms with Crippen LogP contribution >= 0.6 is 0 Å². The molecule has 3 aromatic rings. The molecule has 6 nitrogen and oxygen atoms in total. The van der Waals surface area contributed by atoms with Crippen LogP contribution in [-0.4, -0.2) is 29.3 Å². The minimum atomic E-state index is -0.662. The van der Waals surface area contributed by atoms with Crippen molar-refractivity contribution in [1.82, 2.24) is 10.1 Å².